The quantitative estimate of drug-likeness (QED) is 0.684. The Hall–Kier alpha value is -1.76. The molecule has 0 saturated heterocycles. The number of nitrogens with one attached hydrogen (secondary N) is 1. The smallest absolute Gasteiger partial charge is 0.0454 e. The maximum Gasteiger partial charge on any atom is 0.0454 e. The van der Waals surface area contributed by atoms with E-state index in [1.54, 1.807) is 0 Å². The fourth-order valence-electron chi connectivity index (χ4n) is 2.71. The first-order valence-electron chi connectivity index (χ1n) is 8.01. The molecule has 21 heavy (non-hydrogen) atoms. The van der Waals surface area contributed by atoms with Crippen molar-refractivity contribution in [2.75, 3.05) is 5.32 Å². The number of aryl methyl sites for hydroxylation is 1. The van der Waals surface area contributed by atoms with Gasteiger partial charge in [0, 0.05) is 11.4 Å². The van der Waals surface area contributed by atoms with Gasteiger partial charge in [0.25, 0.3) is 0 Å². The standard InChI is InChI=1S/C20H27N/c1-6-16-9-7-10-17(13-16)21-20-18(14(2)3)11-8-12-19(20)15(4)5/h7-15,21H,6H2,1-5H3. The van der Waals surface area contributed by atoms with Crippen molar-refractivity contribution in [2.45, 2.75) is 52.9 Å². The SMILES string of the molecule is CCc1cccc(Nc2c(C(C)C)cccc2C(C)C)c1. The zero-order valence-electron chi connectivity index (χ0n) is 13.9. The van der Waals surface area contributed by atoms with E-state index in [4.69, 9.17) is 0 Å². The van der Waals surface area contributed by atoms with E-state index in [-0.39, 0.29) is 0 Å². The van der Waals surface area contributed by atoms with Crippen LogP contribution in [0.3, 0.4) is 0 Å². The number of rotatable bonds is 5. The van der Waals surface area contributed by atoms with Gasteiger partial charge >= 0.3 is 0 Å². The molecule has 0 unspecified atom stereocenters. The molecule has 0 saturated carbocycles. The van der Waals surface area contributed by atoms with E-state index in [1.807, 2.05) is 0 Å². The van der Waals surface area contributed by atoms with Gasteiger partial charge in [0.15, 0.2) is 0 Å². The lowest BCUT2D eigenvalue weighted by molar-refractivity contribution is 0.838. The second-order valence-corrected chi connectivity index (χ2v) is 6.30. The van der Waals surface area contributed by atoms with Crippen LogP contribution in [0.2, 0.25) is 0 Å². The topological polar surface area (TPSA) is 12.0 Å². The third-order valence-corrected chi connectivity index (χ3v) is 3.98. The summed E-state index contributed by atoms with van der Waals surface area (Å²) in [5.41, 5.74) is 6.62. The van der Waals surface area contributed by atoms with Crippen LogP contribution >= 0.6 is 0 Å². The minimum atomic E-state index is 0.514. The molecule has 0 fully saturated rings. The van der Waals surface area contributed by atoms with E-state index in [9.17, 15) is 0 Å². The van der Waals surface area contributed by atoms with Crippen molar-refractivity contribution in [1.29, 1.82) is 0 Å². The first-order valence-corrected chi connectivity index (χ1v) is 8.01. The molecule has 0 atom stereocenters. The van der Waals surface area contributed by atoms with E-state index >= 15 is 0 Å². The summed E-state index contributed by atoms with van der Waals surface area (Å²) in [6, 6.07) is 15.4. The molecule has 1 heteroatoms. The lowest BCUT2D eigenvalue weighted by Crippen LogP contribution is -2.03. The summed E-state index contributed by atoms with van der Waals surface area (Å²) in [6.45, 7) is 11.2. The summed E-state index contributed by atoms with van der Waals surface area (Å²) in [4.78, 5) is 0. The van der Waals surface area contributed by atoms with Gasteiger partial charge in [0.1, 0.15) is 0 Å². The largest absolute Gasteiger partial charge is 0.355 e. The highest BCUT2D eigenvalue weighted by atomic mass is 14.9. The lowest BCUT2D eigenvalue weighted by Gasteiger charge is -2.21. The number of benzene rings is 2. The minimum absolute atomic E-state index is 0.514. The highest BCUT2D eigenvalue weighted by Crippen LogP contribution is 2.34. The van der Waals surface area contributed by atoms with Crippen LogP contribution in [0.5, 0.6) is 0 Å². The summed E-state index contributed by atoms with van der Waals surface area (Å²) >= 11 is 0. The van der Waals surface area contributed by atoms with Crippen molar-refractivity contribution >= 4 is 11.4 Å². The van der Waals surface area contributed by atoms with Crippen LogP contribution in [0.1, 0.15) is 63.1 Å². The van der Waals surface area contributed by atoms with Gasteiger partial charge in [-0.05, 0) is 47.1 Å². The molecule has 2 aromatic rings. The van der Waals surface area contributed by atoms with Crippen molar-refractivity contribution in [3.8, 4) is 0 Å². The highest BCUT2D eigenvalue weighted by molar-refractivity contribution is 5.68. The monoisotopic (exact) mass is 281 g/mol. The summed E-state index contributed by atoms with van der Waals surface area (Å²) in [6.07, 6.45) is 1.07. The van der Waals surface area contributed by atoms with Gasteiger partial charge in [-0.15, -0.1) is 0 Å². The van der Waals surface area contributed by atoms with Gasteiger partial charge in [-0.2, -0.15) is 0 Å². The van der Waals surface area contributed by atoms with Gasteiger partial charge in [0.2, 0.25) is 0 Å². The molecule has 1 N–H and O–H groups in total. The van der Waals surface area contributed by atoms with Crippen LogP contribution < -0.4 is 5.32 Å². The molecule has 0 amide bonds. The summed E-state index contributed by atoms with van der Waals surface area (Å²) < 4.78 is 0. The molecule has 0 aromatic heterocycles. The molecule has 0 radical (unpaired) electrons. The molecule has 1 nitrogen and oxygen atoms in total. The van der Waals surface area contributed by atoms with Gasteiger partial charge < -0.3 is 5.32 Å². The van der Waals surface area contributed by atoms with Crippen LogP contribution in [0, 0.1) is 0 Å². The Morgan fingerprint density at radius 3 is 1.95 bits per heavy atom. The first kappa shape index (κ1) is 15.6. The van der Waals surface area contributed by atoms with Gasteiger partial charge in [-0.3, -0.25) is 0 Å². The Morgan fingerprint density at radius 2 is 1.43 bits per heavy atom. The maximum atomic E-state index is 3.68. The maximum absolute atomic E-state index is 3.68. The van der Waals surface area contributed by atoms with Crippen molar-refractivity contribution in [1.82, 2.24) is 0 Å². The number of anilines is 2. The predicted octanol–water partition coefficient (Wildman–Crippen LogP) is 6.24. The molecule has 112 valence electrons. The third-order valence-electron chi connectivity index (χ3n) is 3.98. The predicted molar refractivity (Wildman–Crippen MR) is 93.7 cm³/mol. The molecule has 0 spiro atoms. The van der Waals surface area contributed by atoms with Crippen molar-refractivity contribution in [3.63, 3.8) is 0 Å². The Kier molecular flexibility index (Phi) is 5.06. The van der Waals surface area contributed by atoms with Crippen molar-refractivity contribution < 1.29 is 0 Å². The molecule has 0 bridgehead atoms. The normalized spacial score (nSPS) is 11.2. The van der Waals surface area contributed by atoms with E-state index < -0.39 is 0 Å². The Balaban J connectivity index is 2.45. The van der Waals surface area contributed by atoms with Crippen LogP contribution in [-0.4, -0.2) is 0 Å². The van der Waals surface area contributed by atoms with Crippen molar-refractivity contribution in [3.05, 3.63) is 59.2 Å². The second-order valence-electron chi connectivity index (χ2n) is 6.30. The third kappa shape index (κ3) is 3.66. The average molecular weight is 281 g/mol. The van der Waals surface area contributed by atoms with Crippen LogP contribution in [0.15, 0.2) is 42.5 Å². The molecule has 0 heterocycles. The zero-order valence-corrected chi connectivity index (χ0v) is 13.9. The Morgan fingerprint density at radius 1 is 0.857 bits per heavy atom. The molecular formula is C20H27N. The van der Waals surface area contributed by atoms with E-state index in [2.05, 4.69) is 82.4 Å². The molecule has 0 aliphatic carbocycles. The average Bonchev–Trinajstić information content (AvgIpc) is 2.47. The fraction of sp³-hybridized carbons (Fsp3) is 0.400. The molecule has 2 rings (SSSR count). The highest BCUT2D eigenvalue weighted by Gasteiger charge is 2.13. The van der Waals surface area contributed by atoms with Gasteiger partial charge in [-0.25, -0.2) is 0 Å². The second kappa shape index (κ2) is 6.80. The molecule has 0 aliphatic rings. The van der Waals surface area contributed by atoms with E-state index in [0.717, 1.165) is 6.42 Å². The number of hydrogen-bond acceptors (Lipinski definition) is 1. The Labute approximate surface area is 129 Å². The zero-order chi connectivity index (χ0) is 15.4. The minimum Gasteiger partial charge on any atom is -0.355 e. The van der Waals surface area contributed by atoms with Crippen LogP contribution in [0.4, 0.5) is 11.4 Å². The summed E-state index contributed by atoms with van der Waals surface area (Å²) in [7, 11) is 0. The van der Waals surface area contributed by atoms with Crippen LogP contribution in [0.25, 0.3) is 0 Å². The number of hydrogen-bond donors (Lipinski definition) is 1. The Bertz CT molecular complexity index is 570. The van der Waals surface area contributed by atoms with E-state index in [1.165, 1.54) is 28.1 Å². The van der Waals surface area contributed by atoms with Gasteiger partial charge in [-0.1, -0.05) is 65.0 Å². The van der Waals surface area contributed by atoms with E-state index in [0.29, 0.717) is 11.8 Å². The summed E-state index contributed by atoms with van der Waals surface area (Å²) in [5, 5.41) is 3.68. The lowest BCUT2D eigenvalue weighted by atomic mass is 9.92. The van der Waals surface area contributed by atoms with Gasteiger partial charge in [0.05, 0.1) is 0 Å². The molecular weight excluding hydrogens is 254 g/mol. The summed E-state index contributed by atoms with van der Waals surface area (Å²) in [5.74, 6) is 1.03. The molecule has 2 aromatic carbocycles. The fourth-order valence-corrected chi connectivity index (χ4v) is 2.71. The molecule has 0 aliphatic heterocycles. The van der Waals surface area contributed by atoms with Crippen molar-refractivity contribution in [2.24, 2.45) is 0 Å². The van der Waals surface area contributed by atoms with Crippen LogP contribution in [-0.2, 0) is 6.42 Å². The first-order chi connectivity index (χ1) is 10.0. The number of para-hydroxylation sites is 1.